The van der Waals surface area contributed by atoms with E-state index in [1.807, 2.05) is 0 Å². The lowest BCUT2D eigenvalue weighted by Crippen LogP contribution is -2.14. The molecule has 0 fully saturated rings. The fourth-order valence-corrected chi connectivity index (χ4v) is 5.34. The molecule has 0 saturated heterocycles. The average Bonchev–Trinajstić information content (AvgIpc) is 2.94. The molecule has 0 unspecified atom stereocenters. The van der Waals surface area contributed by atoms with Gasteiger partial charge in [0.05, 0.1) is 10.3 Å². The van der Waals surface area contributed by atoms with Gasteiger partial charge in [-0.1, -0.05) is 11.6 Å². The van der Waals surface area contributed by atoms with Crippen LogP contribution in [0.5, 0.6) is 0 Å². The zero-order valence-corrected chi connectivity index (χ0v) is 15.0. The third-order valence-corrected chi connectivity index (χ3v) is 6.91. The highest BCUT2D eigenvalue weighted by atomic mass is 35.5. The van der Waals surface area contributed by atoms with E-state index in [2.05, 4.69) is 14.7 Å². The lowest BCUT2D eigenvalue weighted by atomic mass is 9.97. The molecular formula is C16H14ClN3O2S2. The van der Waals surface area contributed by atoms with E-state index in [9.17, 15) is 8.42 Å². The summed E-state index contributed by atoms with van der Waals surface area (Å²) in [7, 11) is -3.72. The van der Waals surface area contributed by atoms with Crippen LogP contribution in [0.1, 0.15) is 23.3 Å². The monoisotopic (exact) mass is 379 g/mol. The van der Waals surface area contributed by atoms with Crippen molar-refractivity contribution in [3.8, 4) is 0 Å². The number of fused-ring (bicyclic) bond motifs is 3. The molecule has 1 aliphatic rings. The van der Waals surface area contributed by atoms with Crippen molar-refractivity contribution in [2.75, 3.05) is 4.72 Å². The fraction of sp³-hybridized carbons (Fsp3) is 0.250. The van der Waals surface area contributed by atoms with E-state index in [1.54, 1.807) is 23.5 Å². The summed E-state index contributed by atoms with van der Waals surface area (Å²) in [6.45, 7) is 0. The average molecular weight is 380 g/mol. The minimum Gasteiger partial charge on any atom is -0.263 e. The van der Waals surface area contributed by atoms with Crippen molar-refractivity contribution < 1.29 is 8.42 Å². The largest absolute Gasteiger partial charge is 0.263 e. The zero-order valence-electron chi connectivity index (χ0n) is 12.6. The van der Waals surface area contributed by atoms with Crippen molar-refractivity contribution in [3.05, 3.63) is 46.1 Å². The third-order valence-electron chi connectivity index (χ3n) is 4.11. The minimum atomic E-state index is -3.72. The van der Waals surface area contributed by atoms with Crippen LogP contribution in [0.4, 0.5) is 5.82 Å². The van der Waals surface area contributed by atoms with Crippen LogP contribution in [0.15, 0.2) is 35.5 Å². The number of hydrogen-bond acceptors (Lipinski definition) is 5. The van der Waals surface area contributed by atoms with Crippen molar-refractivity contribution in [1.82, 2.24) is 9.97 Å². The number of nitrogens with zero attached hydrogens (tertiary/aromatic N) is 2. The number of hydrogen-bond donors (Lipinski definition) is 1. The summed E-state index contributed by atoms with van der Waals surface area (Å²) in [5, 5.41) is 1.33. The van der Waals surface area contributed by atoms with Crippen molar-refractivity contribution in [2.24, 2.45) is 0 Å². The predicted octanol–water partition coefficient (Wildman–Crippen LogP) is 4.02. The molecule has 2 aromatic heterocycles. The lowest BCUT2D eigenvalue weighted by molar-refractivity contribution is 0.601. The van der Waals surface area contributed by atoms with Crippen LogP contribution < -0.4 is 4.72 Å². The number of aryl methyl sites for hydroxylation is 2. The van der Waals surface area contributed by atoms with Gasteiger partial charge in [-0.25, -0.2) is 18.4 Å². The van der Waals surface area contributed by atoms with Gasteiger partial charge in [-0.05, 0) is 55.5 Å². The highest BCUT2D eigenvalue weighted by molar-refractivity contribution is 7.92. The molecule has 0 saturated carbocycles. The number of rotatable bonds is 3. The van der Waals surface area contributed by atoms with E-state index < -0.39 is 10.0 Å². The van der Waals surface area contributed by atoms with Gasteiger partial charge in [0, 0.05) is 9.90 Å². The Morgan fingerprint density at radius 1 is 1.08 bits per heavy atom. The SMILES string of the molecule is O=S(=O)(Nc1ncnc2sc3c(c12)CCCC3)c1ccc(Cl)cc1. The summed E-state index contributed by atoms with van der Waals surface area (Å²) in [4.78, 5) is 10.8. The van der Waals surface area contributed by atoms with Crippen molar-refractivity contribution in [2.45, 2.75) is 30.6 Å². The van der Waals surface area contributed by atoms with E-state index in [0.29, 0.717) is 10.8 Å². The second-order valence-electron chi connectivity index (χ2n) is 5.67. The van der Waals surface area contributed by atoms with E-state index in [-0.39, 0.29) is 4.90 Å². The molecule has 5 nitrogen and oxygen atoms in total. The van der Waals surface area contributed by atoms with Crippen molar-refractivity contribution in [3.63, 3.8) is 0 Å². The Bertz CT molecular complexity index is 1010. The third kappa shape index (κ3) is 2.76. The molecule has 0 amide bonds. The Balaban J connectivity index is 1.79. The van der Waals surface area contributed by atoms with Crippen LogP contribution in [0.25, 0.3) is 10.2 Å². The van der Waals surface area contributed by atoms with Crippen LogP contribution >= 0.6 is 22.9 Å². The Morgan fingerprint density at radius 2 is 1.83 bits per heavy atom. The number of nitrogens with one attached hydrogen (secondary N) is 1. The number of aromatic nitrogens is 2. The van der Waals surface area contributed by atoms with E-state index in [0.717, 1.165) is 29.5 Å². The summed E-state index contributed by atoms with van der Waals surface area (Å²) in [5.41, 5.74) is 1.19. The molecule has 4 rings (SSSR count). The number of thiophene rings is 1. The zero-order chi connectivity index (χ0) is 16.7. The Hall–Kier alpha value is -1.70. The van der Waals surface area contributed by atoms with E-state index in [1.165, 1.54) is 35.3 Å². The topological polar surface area (TPSA) is 72.0 Å². The molecule has 0 spiro atoms. The molecule has 2 heterocycles. The first-order valence-electron chi connectivity index (χ1n) is 7.58. The molecule has 24 heavy (non-hydrogen) atoms. The van der Waals surface area contributed by atoms with E-state index >= 15 is 0 Å². The van der Waals surface area contributed by atoms with Crippen molar-refractivity contribution >= 4 is 49.0 Å². The van der Waals surface area contributed by atoms with Gasteiger partial charge in [0.2, 0.25) is 0 Å². The summed E-state index contributed by atoms with van der Waals surface area (Å²) in [5.74, 6) is 0.356. The predicted molar refractivity (Wildman–Crippen MR) is 96.3 cm³/mol. The quantitative estimate of drug-likeness (QED) is 0.745. The number of anilines is 1. The number of halogens is 1. The maximum Gasteiger partial charge on any atom is 0.263 e. The van der Waals surface area contributed by atoms with Crippen LogP contribution in [0, 0.1) is 0 Å². The molecule has 1 N–H and O–H groups in total. The highest BCUT2D eigenvalue weighted by Crippen LogP contribution is 2.38. The summed E-state index contributed by atoms with van der Waals surface area (Å²) in [6, 6.07) is 6.06. The second-order valence-corrected chi connectivity index (χ2v) is 8.88. The van der Waals surface area contributed by atoms with Gasteiger partial charge >= 0.3 is 0 Å². The Kier molecular flexibility index (Phi) is 3.94. The molecule has 0 atom stereocenters. The first-order chi connectivity index (χ1) is 11.5. The summed E-state index contributed by atoms with van der Waals surface area (Å²) < 4.78 is 27.9. The molecule has 0 bridgehead atoms. The van der Waals surface area contributed by atoms with Gasteiger partial charge in [0.1, 0.15) is 11.2 Å². The van der Waals surface area contributed by atoms with Crippen molar-refractivity contribution in [1.29, 1.82) is 0 Å². The van der Waals surface area contributed by atoms with Gasteiger partial charge < -0.3 is 0 Å². The maximum absolute atomic E-state index is 12.6. The van der Waals surface area contributed by atoms with Gasteiger partial charge in [-0.2, -0.15) is 0 Å². The van der Waals surface area contributed by atoms with Gasteiger partial charge in [0.25, 0.3) is 10.0 Å². The first-order valence-corrected chi connectivity index (χ1v) is 10.3. The van der Waals surface area contributed by atoms with Crippen LogP contribution in [-0.2, 0) is 22.9 Å². The Morgan fingerprint density at radius 3 is 2.62 bits per heavy atom. The molecule has 124 valence electrons. The van der Waals surface area contributed by atoms with E-state index in [4.69, 9.17) is 11.6 Å². The highest BCUT2D eigenvalue weighted by Gasteiger charge is 2.23. The van der Waals surface area contributed by atoms with Crippen LogP contribution in [0.2, 0.25) is 5.02 Å². The number of benzene rings is 1. The summed E-state index contributed by atoms with van der Waals surface area (Å²) >= 11 is 7.46. The Labute approximate surface area is 148 Å². The molecule has 3 aromatic rings. The second kappa shape index (κ2) is 5.98. The maximum atomic E-state index is 12.6. The normalized spacial score (nSPS) is 14.5. The first kappa shape index (κ1) is 15.8. The van der Waals surface area contributed by atoms with Gasteiger partial charge in [0.15, 0.2) is 5.82 Å². The standard InChI is InChI=1S/C16H14ClN3O2S2/c17-10-5-7-11(8-6-10)24(21,22)20-15-14-12-3-1-2-4-13(12)23-16(14)19-9-18-15/h5-9H,1-4H2,(H,18,19,20). The summed E-state index contributed by atoms with van der Waals surface area (Å²) in [6.07, 6.45) is 5.65. The molecule has 8 heteroatoms. The molecule has 1 aromatic carbocycles. The van der Waals surface area contributed by atoms with Gasteiger partial charge in [-0.15, -0.1) is 11.3 Å². The fourth-order valence-electron chi connectivity index (χ4n) is 2.97. The minimum absolute atomic E-state index is 0.155. The molecule has 1 aliphatic carbocycles. The van der Waals surface area contributed by atoms with Crippen LogP contribution in [0.3, 0.4) is 0 Å². The molecule has 0 radical (unpaired) electrons. The lowest BCUT2D eigenvalue weighted by Gasteiger charge is -2.12. The smallest absolute Gasteiger partial charge is 0.263 e. The van der Waals surface area contributed by atoms with Gasteiger partial charge in [-0.3, -0.25) is 4.72 Å². The molecular weight excluding hydrogens is 366 g/mol. The number of sulfonamides is 1. The molecule has 0 aliphatic heterocycles. The van der Waals surface area contributed by atoms with Crippen LogP contribution in [-0.4, -0.2) is 18.4 Å².